The maximum atomic E-state index is 12.4. The molecular weight excluding hydrogens is 352 g/mol. The van der Waals surface area contributed by atoms with Gasteiger partial charge in [0.2, 0.25) is 0 Å². The number of carbonyl (C=O) groups is 3. The fourth-order valence-electron chi connectivity index (χ4n) is 2.29. The molecule has 0 aliphatic heterocycles. The molecule has 3 aromatic rings. The van der Waals surface area contributed by atoms with E-state index >= 15 is 0 Å². The van der Waals surface area contributed by atoms with Crippen LogP contribution in [-0.2, 0) is 7.05 Å². The number of rotatable bonds is 5. The molecule has 0 fully saturated rings. The highest BCUT2D eigenvalue weighted by molar-refractivity contribution is 7.12. The first kappa shape index (κ1) is 17.6. The second kappa shape index (κ2) is 7.32. The molecule has 1 aromatic carbocycles. The van der Waals surface area contributed by atoms with Crippen LogP contribution < -0.4 is 10.6 Å². The van der Waals surface area contributed by atoms with Crippen LogP contribution in [0.2, 0.25) is 0 Å². The van der Waals surface area contributed by atoms with Gasteiger partial charge in [-0.25, -0.2) is 0 Å². The molecule has 0 saturated carbocycles. The van der Waals surface area contributed by atoms with Crippen molar-refractivity contribution in [3.63, 3.8) is 0 Å². The highest BCUT2D eigenvalue weighted by atomic mass is 32.1. The van der Waals surface area contributed by atoms with Crippen LogP contribution in [0.5, 0.6) is 0 Å². The molecule has 0 spiro atoms. The van der Waals surface area contributed by atoms with Gasteiger partial charge in [0.05, 0.1) is 4.88 Å². The van der Waals surface area contributed by atoms with Gasteiger partial charge in [-0.3, -0.25) is 19.1 Å². The Balaban J connectivity index is 1.73. The zero-order chi connectivity index (χ0) is 18.7. The number of aryl methyl sites for hydroxylation is 1. The van der Waals surface area contributed by atoms with Crippen molar-refractivity contribution in [2.45, 2.75) is 6.92 Å². The summed E-state index contributed by atoms with van der Waals surface area (Å²) in [5.41, 5.74) is 1.16. The number of nitrogens with one attached hydrogen (secondary N) is 2. The third-order valence-electron chi connectivity index (χ3n) is 3.63. The van der Waals surface area contributed by atoms with Gasteiger partial charge in [0.25, 0.3) is 11.8 Å². The van der Waals surface area contributed by atoms with Crippen LogP contribution in [0.25, 0.3) is 0 Å². The molecular formula is C18H16N4O3S. The molecule has 0 aliphatic carbocycles. The molecule has 26 heavy (non-hydrogen) atoms. The maximum Gasteiger partial charge on any atom is 0.276 e. The van der Waals surface area contributed by atoms with Crippen LogP contribution in [-0.4, -0.2) is 27.4 Å². The largest absolute Gasteiger partial charge is 0.321 e. The number of anilines is 2. The normalized spacial score (nSPS) is 10.4. The molecule has 132 valence electrons. The minimum absolute atomic E-state index is 0.0856. The number of nitrogens with zero attached hydrogens (tertiary/aromatic N) is 2. The Bertz CT molecular complexity index is 976. The number of hydrogen-bond acceptors (Lipinski definition) is 5. The van der Waals surface area contributed by atoms with Crippen LogP contribution >= 0.6 is 11.3 Å². The standard InChI is InChI=1S/C18H16N4O3S/c1-11(23)12-5-3-6-13(9-12)19-17(24)14-10-16(22(2)21-14)20-18(25)15-7-4-8-26-15/h3-10H,1-2H3,(H,19,24)(H,20,25). The van der Waals surface area contributed by atoms with Crippen LogP contribution in [0.4, 0.5) is 11.5 Å². The summed E-state index contributed by atoms with van der Waals surface area (Å²) in [5, 5.41) is 11.4. The number of ketones is 1. The van der Waals surface area contributed by atoms with Gasteiger partial charge in [-0.15, -0.1) is 11.3 Å². The molecule has 2 aromatic heterocycles. The smallest absolute Gasteiger partial charge is 0.276 e. The lowest BCUT2D eigenvalue weighted by Gasteiger charge is -2.04. The molecule has 2 N–H and O–H groups in total. The summed E-state index contributed by atoms with van der Waals surface area (Å²) in [6, 6.07) is 11.7. The fraction of sp³-hybridized carbons (Fsp3) is 0.111. The molecule has 0 unspecified atom stereocenters. The molecule has 2 heterocycles. The summed E-state index contributed by atoms with van der Waals surface area (Å²) in [6.07, 6.45) is 0. The SMILES string of the molecule is CC(=O)c1cccc(NC(=O)c2cc(NC(=O)c3cccs3)n(C)n2)c1. The first-order chi connectivity index (χ1) is 12.4. The lowest BCUT2D eigenvalue weighted by atomic mass is 10.1. The number of aromatic nitrogens is 2. The van der Waals surface area contributed by atoms with Crippen molar-refractivity contribution in [3.8, 4) is 0 Å². The van der Waals surface area contributed by atoms with Gasteiger partial charge in [-0.2, -0.15) is 5.10 Å². The summed E-state index contributed by atoms with van der Waals surface area (Å²) in [7, 11) is 1.64. The van der Waals surface area contributed by atoms with Crippen LogP contribution in [0.3, 0.4) is 0 Å². The molecule has 3 rings (SSSR count). The van der Waals surface area contributed by atoms with E-state index in [0.717, 1.165) is 0 Å². The molecule has 7 nitrogen and oxygen atoms in total. The molecule has 0 saturated heterocycles. The summed E-state index contributed by atoms with van der Waals surface area (Å²) in [4.78, 5) is 36.5. The van der Waals surface area contributed by atoms with E-state index < -0.39 is 5.91 Å². The summed E-state index contributed by atoms with van der Waals surface area (Å²) < 4.78 is 1.42. The van der Waals surface area contributed by atoms with Gasteiger partial charge in [0.1, 0.15) is 5.82 Å². The Morgan fingerprint density at radius 1 is 1.04 bits per heavy atom. The van der Waals surface area contributed by atoms with Crippen LogP contribution in [0, 0.1) is 0 Å². The average Bonchev–Trinajstić information content (AvgIpc) is 3.26. The molecule has 8 heteroatoms. The number of Topliss-reactive ketones (excluding diaryl/α,β-unsaturated/α-hetero) is 1. The summed E-state index contributed by atoms with van der Waals surface area (Å²) >= 11 is 1.33. The third kappa shape index (κ3) is 3.86. The number of thiophene rings is 1. The predicted molar refractivity (Wildman–Crippen MR) is 99.9 cm³/mol. The number of benzene rings is 1. The molecule has 2 amide bonds. The second-order valence-electron chi connectivity index (χ2n) is 5.56. The minimum atomic E-state index is -0.432. The van der Waals surface area contributed by atoms with E-state index in [0.29, 0.717) is 21.9 Å². The predicted octanol–water partition coefficient (Wildman–Crippen LogP) is 3.19. The van der Waals surface area contributed by atoms with Crippen molar-refractivity contribution in [2.75, 3.05) is 10.6 Å². The fourth-order valence-corrected chi connectivity index (χ4v) is 2.91. The molecule has 0 bridgehead atoms. The first-order valence-corrected chi connectivity index (χ1v) is 8.63. The van der Waals surface area contributed by atoms with Crippen molar-refractivity contribution < 1.29 is 14.4 Å². The topological polar surface area (TPSA) is 93.1 Å². The lowest BCUT2D eigenvalue weighted by molar-refractivity contribution is 0.100. The van der Waals surface area contributed by atoms with Gasteiger partial charge in [-0.1, -0.05) is 18.2 Å². The zero-order valence-corrected chi connectivity index (χ0v) is 15.0. The zero-order valence-electron chi connectivity index (χ0n) is 14.1. The Kier molecular flexibility index (Phi) is 4.94. The number of hydrogen-bond donors (Lipinski definition) is 2. The van der Waals surface area contributed by atoms with Gasteiger partial charge < -0.3 is 10.6 Å². The van der Waals surface area contributed by atoms with Crippen molar-refractivity contribution >= 4 is 40.4 Å². The summed E-state index contributed by atoms with van der Waals surface area (Å²) in [6.45, 7) is 1.46. The highest BCUT2D eigenvalue weighted by Crippen LogP contribution is 2.16. The van der Waals surface area contributed by atoms with Crippen molar-refractivity contribution in [1.29, 1.82) is 0 Å². The molecule has 0 radical (unpaired) electrons. The third-order valence-corrected chi connectivity index (χ3v) is 4.49. The maximum absolute atomic E-state index is 12.4. The van der Waals surface area contributed by atoms with Gasteiger partial charge >= 0.3 is 0 Å². The quantitative estimate of drug-likeness (QED) is 0.677. The van der Waals surface area contributed by atoms with Gasteiger partial charge in [-0.05, 0) is 30.5 Å². The minimum Gasteiger partial charge on any atom is -0.321 e. The van der Waals surface area contributed by atoms with Gasteiger partial charge in [0.15, 0.2) is 11.5 Å². The lowest BCUT2D eigenvalue weighted by Crippen LogP contribution is -2.13. The van der Waals surface area contributed by atoms with E-state index in [1.807, 2.05) is 5.38 Å². The van der Waals surface area contributed by atoms with Crippen LogP contribution in [0.15, 0.2) is 47.8 Å². The van der Waals surface area contributed by atoms with E-state index in [2.05, 4.69) is 15.7 Å². The first-order valence-electron chi connectivity index (χ1n) is 7.75. The summed E-state index contributed by atoms with van der Waals surface area (Å²) in [5.74, 6) is -0.370. The Hall–Kier alpha value is -3.26. The highest BCUT2D eigenvalue weighted by Gasteiger charge is 2.16. The van der Waals surface area contributed by atoms with E-state index in [1.165, 1.54) is 29.0 Å². The Morgan fingerprint density at radius 2 is 1.85 bits per heavy atom. The molecule has 0 aliphatic rings. The van der Waals surface area contributed by atoms with E-state index in [4.69, 9.17) is 0 Å². The van der Waals surface area contributed by atoms with Gasteiger partial charge in [0, 0.05) is 24.4 Å². The monoisotopic (exact) mass is 368 g/mol. The van der Waals surface area contributed by atoms with E-state index in [9.17, 15) is 14.4 Å². The second-order valence-corrected chi connectivity index (χ2v) is 6.51. The molecule has 0 atom stereocenters. The number of amides is 2. The van der Waals surface area contributed by atoms with Crippen LogP contribution in [0.1, 0.15) is 37.4 Å². The number of carbonyl (C=O) groups excluding carboxylic acids is 3. The van der Waals surface area contributed by atoms with E-state index in [-0.39, 0.29) is 17.4 Å². The Morgan fingerprint density at radius 3 is 2.54 bits per heavy atom. The van der Waals surface area contributed by atoms with Crippen molar-refractivity contribution in [1.82, 2.24) is 9.78 Å². The van der Waals surface area contributed by atoms with E-state index in [1.54, 1.807) is 43.4 Å². The van der Waals surface area contributed by atoms with Crippen molar-refractivity contribution in [3.05, 3.63) is 64.0 Å². The average molecular weight is 368 g/mol. The van der Waals surface area contributed by atoms with Crippen molar-refractivity contribution in [2.24, 2.45) is 7.05 Å². The Labute approximate surface area is 153 Å².